The Morgan fingerprint density at radius 2 is 2.22 bits per heavy atom. The molecule has 2 radical (unpaired) electrons. The number of thioether (sulfide) groups is 1. The van der Waals surface area contributed by atoms with Gasteiger partial charge >= 0.3 is 6.18 Å². The molecule has 0 aromatic rings. The van der Waals surface area contributed by atoms with Gasteiger partial charge in [0.2, 0.25) is 0 Å². The quantitative estimate of drug-likeness (QED) is 0.516. The van der Waals surface area contributed by atoms with Gasteiger partial charge in [-0.15, -0.1) is 11.8 Å². The van der Waals surface area contributed by atoms with Crippen LogP contribution in [0.4, 0.5) is 13.2 Å². The number of halogens is 3. The third-order valence-electron chi connectivity index (χ3n) is 0.752. The molecule has 0 spiro atoms. The van der Waals surface area contributed by atoms with Crippen molar-refractivity contribution in [3.63, 3.8) is 0 Å². The third kappa shape index (κ3) is 1.61. The summed E-state index contributed by atoms with van der Waals surface area (Å²) in [6.45, 7) is 0. The summed E-state index contributed by atoms with van der Waals surface area (Å²) in [7, 11) is 0. The summed E-state index contributed by atoms with van der Waals surface area (Å²) in [5, 5.41) is 0. The first-order chi connectivity index (χ1) is 4.11. The fourth-order valence-electron chi connectivity index (χ4n) is 0.368. The summed E-state index contributed by atoms with van der Waals surface area (Å²) in [6.07, 6.45) is -4.25. The van der Waals surface area contributed by atoms with Crippen LogP contribution in [0, 0.1) is 5.75 Å². The molecule has 1 heterocycles. The van der Waals surface area contributed by atoms with Crippen molar-refractivity contribution >= 4 is 17.3 Å². The molecule has 1 nitrogen and oxygen atoms in total. The highest BCUT2D eigenvalue weighted by atomic mass is 32.2. The van der Waals surface area contributed by atoms with E-state index in [-0.39, 0.29) is 0 Å². The molecule has 0 saturated carbocycles. The van der Waals surface area contributed by atoms with Crippen molar-refractivity contribution in [2.24, 2.45) is 4.99 Å². The molecule has 1 rings (SSSR count). The average molecular weight is 153 g/mol. The van der Waals surface area contributed by atoms with Crippen LogP contribution in [0.2, 0.25) is 0 Å². The fraction of sp³-hybridized carbons (Fsp3) is 0.500. The zero-order valence-electron chi connectivity index (χ0n) is 4.14. The van der Waals surface area contributed by atoms with Crippen LogP contribution in [0.25, 0.3) is 0 Å². The van der Waals surface area contributed by atoms with E-state index in [1.807, 2.05) is 0 Å². The molecular weight excluding hydrogens is 151 g/mol. The molecule has 1 unspecified atom stereocenters. The number of alkyl halides is 3. The van der Waals surface area contributed by atoms with Crippen LogP contribution in [0.1, 0.15) is 0 Å². The smallest absolute Gasteiger partial charge is 0.272 e. The molecule has 0 saturated heterocycles. The number of hydrogen-bond acceptors (Lipinski definition) is 2. The Bertz CT molecular complexity index is 130. The predicted molar refractivity (Wildman–Crippen MR) is 29.2 cm³/mol. The highest BCUT2D eigenvalue weighted by Crippen LogP contribution is 2.31. The molecule has 0 fully saturated rings. The van der Waals surface area contributed by atoms with E-state index in [0.29, 0.717) is 0 Å². The van der Waals surface area contributed by atoms with Gasteiger partial charge in [-0.3, -0.25) is 4.99 Å². The minimum atomic E-state index is -4.25. The Morgan fingerprint density at radius 3 is 2.44 bits per heavy atom. The summed E-state index contributed by atoms with van der Waals surface area (Å²) < 4.78 is 34.7. The maximum Gasteiger partial charge on any atom is 0.412 e. The molecule has 0 amide bonds. The van der Waals surface area contributed by atoms with E-state index in [9.17, 15) is 13.2 Å². The standard InChI is InChI=1S/C4H2F3NS/c5-4(6,7)3-1-9-2-8-3/h2-3H. The molecule has 9 heavy (non-hydrogen) atoms. The topological polar surface area (TPSA) is 12.4 Å². The maximum absolute atomic E-state index is 11.6. The van der Waals surface area contributed by atoms with Gasteiger partial charge in [0.1, 0.15) is 0 Å². The van der Waals surface area contributed by atoms with Crippen molar-refractivity contribution in [3.8, 4) is 0 Å². The van der Waals surface area contributed by atoms with Crippen molar-refractivity contribution in [1.82, 2.24) is 0 Å². The van der Waals surface area contributed by atoms with Crippen LogP contribution in [0.5, 0.6) is 0 Å². The van der Waals surface area contributed by atoms with E-state index in [4.69, 9.17) is 0 Å². The summed E-state index contributed by atoms with van der Waals surface area (Å²) in [5.74, 6) is 2.07. The number of aliphatic imine (C=N–C) groups is 1. The van der Waals surface area contributed by atoms with Gasteiger partial charge in [-0.1, -0.05) is 0 Å². The molecule has 0 N–H and O–H groups in total. The monoisotopic (exact) mass is 153 g/mol. The second kappa shape index (κ2) is 2.21. The second-order valence-electron chi connectivity index (χ2n) is 1.43. The highest BCUT2D eigenvalue weighted by Gasteiger charge is 2.41. The Hall–Kier alpha value is -0.190. The lowest BCUT2D eigenvalue weighted by atomic mass is 10.3. The SMILES string of the molecule is FC(F)(F)C1[C]SC=N1. The lowest BCUT2D eigenvalue weighted by molar-refractivity contribution is -0.137. The van der Waals surface area contributed by atoms with Crippen LogP contribution in [-0.2, 0) is 0 Å². The van der Waals surface area contributed by atoms with Crippen molar-refractivity contribution in [1.29, 1.82) is 0 Å². The molecular formula is C4H2F3NS. The first-order valence-electron chi connectivity index (χ1n) is 2.10. The van der Waals surface area contributed by atoms with Gasteiger partial charge in [0.15, 0.2) is 6.04 Å². The molecule has 1 aliphatic rings. The van der Waals surface area contributed by atoms with Crippen LogP contribution >= 0.6 is 11.8 Å². The first kappa shape index (κ1) is 6.92. The van der Waals surface area contributed by atoms with E-state index in [1.165, 1.54) is 0 Å². The molecule has 0 aromatic carbocycles. The van der Waals surface area contributed by atoms with Gasteiger partial charge in [0.25, 0.3) is 0 Å². The van der Waals surface area contributed by atoms with Crippen LogP contribution in [-0.4, -0.2) is 17.8 Å². The summed E-state index contributed by atoms with van der Waals surface area (Å²) >= 11 is 0.847. The molecule has 0 bridgehead atoms. The summed E-state index contributed by atoms with van der Waals surface area (Å²) in [4.78, 5) is 3.11. The largest absolute Gasteiger partial charge is 0.412 e. The molecule has 1 atom stereocenters. The third-order valence-corrected chi connectivity index (χ3v) is 1.34. The van der Waals surface area contributed by atoms with E-state index < -0.39 is 12.2 Å². The van der Waals surface area contributed by atoms with Gasteiger partial charge in [0.05, 0.1) is 11.3 Å². The van der Waals surface area contributed by atoms with Crippen LogP contribution in [0.15, 0.2) is 4.99 Å². The van der Waals surface area contributed by atoms with E-state index in [1.54, 1.807) is 0 Å². The first-order valence-corrected chi connectivity index (χ1v) is 2.98. The van der Waals surface area contributed by atoms with E-state index in [0.717, 1.165) is 17.3 Å². The van der Waals surface area contributed by atoms with Gasteiger partial charge in [-0.25, -0.2) is 0 Å². The van der Waals surface area contributed by atoms with Gasteiger partial charge in [-0.05, 0) is 0 Å². The number of rotatable bonds is 0. The van der Waals surface area contributed by atoms with Crippen molar-refractivity contribution in [2.75, 3.05) is 0 Å². The maximum atomic E-state index is 11.6. The Balaban J connectivity index is 2.53. The molecule has 5 heteroatoms. The van der Waals surface area contributed by atoms with Crippen molar-refractivity contribution in [3.05, 3.63) is 5.75 Å². The average Bonchev–Trinajstić information content (AvgIpc) is 2.08. The lowest BCUT2D eigenvalue weighted by Gasteiger charge is -2.08. The summed E-state index contributed by atoms with van der Waals surface area (Å²) in [6, 6.07) is -1.71. The minimum absolute atomic E-state index is 0.847. The fourth-order valence-corrected chi connectivity index (χ4v) is 0.935. The molecule has 0 aliphatic carbocycles. The van der Waals surface area contributed by atoms with E-state index >= 15 is 0 Å². The highest BCUT2D eigenvalue weighted by molar-refractivity contribution is 8.14. The molecule has 50 valence electrons. The normalized spacial score (nSPS) is 27.2. The van der Waals surface area contributed by atoms with Gasteiger partial charge in [0, 0.05) is 0 Å². The summed E-state index contributed by atoms with van der Waals surface area (Å²) in [5.41, 5.74) is 1.14. The zero-order chi connectivity index (χ0) is 6.91. The zero-order valence-corrected chi connectivity index (χ0v) is 4.96. The van der Waals surface area contributed by atoms with Crippen molar-refractivity contribution in [2.45, 2.75) is 12.2 Å². The molecule has 1 aliphatic heterocycles. The number of nitrogens with zero attached hydrogens (tertiary/aromatic N) is 1. The molecule has 0 aromatic heterocycles. The Labute approximate surface area is 54.3 Å². The lowest BCUT2D eigenvalue weighted by Crippen LogP contribution is -2.24. The predicted octanol–water partition coefficient (Wildman–Crippen LogP) is 1.73. The van der Waals surface area contributed by atoms with Gasteiger partial charge in [-0.2, -0.15) is 13.2 Å². The minimum Gasteiger partial charge on any atom is -0.272 e. The Kier molecular flexibility index (Phi) is 1.70. The van der Waals surface area contributed by atoms with Crippen LogP contribution < -0.4 is 0 Å². The Morgan fingerprint density at radius 1 is 1.56 bits per heavy atom. The van der Waals surface area contributed by atoms with Gasteiger partial charge < -0.3 is 0 Å². The number of hydrogen-bond donors (Lipinski definition) is 0. The second-order valence-corrected chi connectivity index (χ2v) is 2.12. The van der Waals surface area contributed by atoms with Crippen LogP contribution in [0.3, 0.4) is 0 Å². The van der Waals surface area contributed by atoms with Crippen molar-refractivity contribution < 1.29 is 13.2 Å². The van der Waals surface area contributed by atoms with E-state index in [2.05, 4.69) is 10.7 Å².